The summed E-state index contributed by atoms with van der Waals surface area (Å²) < 4.78 is 11.2. The molecule has 0 saturated carbocycles. The van der Waals surface area contributed by atoms with Gasteiger partial charge in [-0.05, 0) is 86.2 Å². The zero-order chi connectivity index (χ0) is 28.1. The Balaban J connectivity index is 1.60. The Hall–Kier alpha value is -3.84. The van der Waals surface area contributed by atoms with E-state index in [1.54, 1.807) is 45.0 Å². The van der Waals surface area contributed by atoms with Crippen LogP contribution in [0, 0.1) is 0 Å². The molecular formula is C31H38N2O5. The maximum Gasteiger partial charge on any atom is 0.408 e. The third kappa shape index (κ3) is 7.83. The van der Waals surface area contributed by atoms with Gasteiger partial charge in [0.2, 0.25) is 0 Å². The average molecular weight is 519 g/mol. The number of rotatable bonds is 7. The average Bonchev–Trinajstić information content (AvgIpc) is 2.84. The van der Waals surface area contributed by atoms with Gasteiger partial charge < -0.3 is 25.2 Å². The van der Waals surface area contributed by atoms with E-state index >= 15 is 0 Å². The standard InChI is InChI=1S/C31H38N2O5/c1-29(2,3)23-12-8-21(9-13-23)22-10-16-25(17-11-22)37-26-18-14-24(15-19-26)32-27(35)31(7,20-34)33-28(36)38-30(4,5)6/h8-19,34H,20H2,1-7H3,(H,32,35)(H,33,36). The van der Waals surface area contributed by atoms with Crippen molar-refractivity contribution in [3.05, 3.63) is 78.4 Å². The van der Waals surface area contributed by atoms with E-state index in [1.807, 2.05) is 24.3 Å². The van der Waals surface area contributed by atoms with Crippen molar-refractivity contribution < 1.29 is 24.2 Å². The maximum atomic E-state index is 12.8. The molecule has 3 aromatic carbocycles. The highest BCUT2D eigenvalue weighted by atomic mass is 16.6. The minimum absolute atomic E-state index is 0.115. The molecule has 0 saturated heterocycles. The highest BCUT2D eigenvalue weighted by Gasteiger charge is 2.36. The van der Waals surface area contributed by atoms with Crippen LogP contribution in [0.25, 0.3) is 11.1 Å². The summed E-state index contributed by atoms with van der Waals surface area (Å²) in [4.78, 5) is 24.9. The molecule has 0 bridgehead atoms. The third-order valence-corrected chi connectivity index (χ3v) is 5.88. The number of alkyl carbamates (subject to hydrolysis) is 1. The first-order valence-electron chi connectivity index (χ1n) is 12.6. The number of carbonyl (C=O) groups excluding carboxylic acids is 2. The van der Waals surface area contributed by atoms with E-state index in [0.29, 0.717) is 17.2 Å². The van der Waals surface area contributed by atoms with Gasteiger partial charge in [-0.15, -0.1) is 0 Å². The van der Waals surface area contributed by atoms with Gasteiger partial charge in [0.15, 0.2) is 0 Å². The fourth-order valence-electron chi connectivity index (χ4n) is 3.59. The Bertz CT molecular complexity index is 1240. The Labute approximate surface area is 225 Å². The second-order valence-electron chi connectivity index (χ2n) is 11.5. The predicted molar refractivity (Wildman–Crippen MR) is 151 cm³/mol. The van der Waals surface area contributed by atoms with Crippen LogP contribution >= 0.6 is 0 Å². The van der Waals surface area contributed by atoms with Gasteiger partial charge in [0.1, 0.15) is 22.6 Å². The van der Waals surface area contributed by atoms with Crippen LogP contribution in [0.3, 0.4) is 0 Å². The van der Waals surface area contributed by atoms with Gasteiger partial charge in [-0.2, -0.15) is 0 Å². The molecule has 0 spiro atoms. The van der Waals surface area contributed by atoms with Crippen molar-refractivity contribution in [3.8, 4) is 22.6 Å². The Morgan fingerprint density at radius 2 is 1.21 bits per heavy atom. The molecule has 1 unspecified atom stereocenters. The van der Waals surface area contributed by atoms with Crippen molar-refractivity contribution in [1.29, 1.82) is 0 Å². The first-order chi connectivity index (χ1) is 17.7. The molecular weight excluding hydrogens is 480 g/mol. The number of aliphatic hydroxyl groups is 1. The second-order valence-corrected chi connectivity index (χ2v) is 11.5. The molecule has 0 radical (unpaired) electrons. The lowest BCUT2D eigenvalue weighted by atomic mass is 9.86. The van der Waals surface area contributed by atoms with E-state index in [0.717, 1.165) is 11.1 Å². The van der Waals surface area contributed by atoms with Crippen molar-refractivity contribution >= 4 is 17.7 Å². The zero-order valence-corrected chi connectivity index (χ0v) is 23.2. The normalized spacial score (nSPS) is 13.3. The summed E-state index contributed by atoms with van der Waals surface area (Å²) in [6.45, 7) is 12.6. The molecule has 0 fully saturated rings. The summed E-state index contributed by atoms with van der Waals surface area (Å²) in [5.74, 6) is 0.707. The van der Waals surface area contributed by atoms with E-state index in [2.05, 4.69) is 55.7 Å². The Morgan fingerprint density at radius 3 is 1.66 bits per heavy atom. The largest absolute Gasteiger partial charge is 0.457 e. The third-order valence-electron chi connectivity index (χ3n) is 5.88. The first kappa shape index (κ1) is 28.7. The fraction of sp³-hybridized carbons (Fsp3) is 0.355. The number of hydrogen-bond donors (Lipinski definition) is 3. The summed E-state index contributed by atoms with van der Waals surface area (Å²) >= 11 is 0. The molecule has 3 aromatic rings. The zero-order valence-electron chi connectivity index (χ0n) is 23.2. The number of nitrogens with one attached hydrogen (secondary N) is 2. The van der Waals surface area contributed by atoms with Gasteiger partial charge in [0.05, 0.1) is 6.61 Å². The first-order valence-corrected chi connectivity index (χ1v) is 12.6. The van der Waals surface area contributed by atoms with E-state index in [9.17, 15) is 14.7 Å². The van der Waals surface area contributed by atoms with Gasteiger partial charge in [-0.3, -0.25) is 4.79 Å². The lowest BCUT2D eigenvalue weighted by molar-refractivity contribution is -0.123. The Kier molecular flexibility index (Phi) is 8.52. The van der Waals surface area contributed by atoms with Crippen LogP contribution < -0.4 is 15.4 Å². The molecule has 7 heteroatoms. The summed E-state index contributed by atoms with van der Waals surface area (Å²) in [6.07, 6.45) is -0.791. The molecule has 3 rings (SSSR count). The number of amides is 2. The summed E-state index contributed by atoms with van der Waals surface area (Å²) in [7, 11) is 0. The van der Waals surface area contributed by atoms with E-state index in [-0.39, 0.29) is 5.41 Å². The summed E-state index contributed by atoms with van der Waals surface area (Å²) in [6, 6.07) is 23.3. The lowest BCUT2D eigenvalue weighted by Gasteiger charge is -2.29. The van der Waals surface area contributed by atoms with Crippen molar-refractivity contribution in [1.82, 2.24) is 5.32 Å². The van der Waals surface area contributed by atoms with Gasteiger partial charge in [-0.25, -0.2) is 4.79 Å². The molecule has 2 amide bonds. The monoisotopic (exact) mass is 518 g/mol. The molecule has 38 heavy (non-hydrogen) atoms. The number of benzene rings is 3. The molecule has 0 aliphatic carbocycles. The number of ether oxygens (including phenoxy) is 2. The molecule has 0 aromatic heterocycles. The van der Waals surface area contributed by atoms with Crippen molar-refractivity contribution in [3.63, 3.8) is 0 Å². The summed E-state index contributed by atoms with van der Waals surface area (Å²) in [5, 5.41) is 14.9. The minimum atomic E-state index is -1.56. The Morgan fingerprint density at radius 1 is 0.737 bits per heavy atom. The quantitative estimate of drug-likeness (QED) is 0.325. The number of aliphatic hydroxyl groups excluding tert-OH is 1. The molecule has 3 N–H and O–H groups in total. The van der Waals surface area contributed by atoms with E-state index in [4.69, 9.17) is 9.47 Å². The van der Waals surface area contributed by atoms with Crippen LogP contribution in [0.2, 0.25) is 0 Å². The smallest absolute Gasteiger partial charge is 0.408 e. The molecule has 0 heterocycles. The number of carbonyl (C=O) groups is 2. The summed E-state index contributed by atoms with van der Waals surface area (Å²) in [5.41, 5.74) is 1.84. The van der Waals surface area contributed by atoms with Gasteiger partial charge >= 0.3 is 6.09 Å². The number of hydrogen-bond acceptors (Lipinski definition) is 5. The van der Waals surface area contributed by atoms with Crippen LogP contribution in [0.5, 0.6) is 11.5 Å². The van der Waals surface area contributed by atoms with Crippen LogP contribution in [-0.4, -0.2) is 34.9 Å². The van der Waals surface area contributed by atoms with E-state index in [1.165, 1.54) is 12.5 Å². The minimum Gasteiger partial charge on any atom is -0.457 e. The molecule has 0 aliphatic rings. The molecule has 0 aliphatic heterocycles. The molecule has 7 nitrogen and oxygen atoms in total. The fourth-order valence-corrected chi connectivity index (χ4v) is 3.59. The van der Waals surface area contributed by atoms with Gasteiger partial charge in [-0.1, -0.05) is 57.2 Å². The topological polar surface area (TPSA) is 96.9 Å². The van der Waals surface area contributed by atoms with Crippen LogP contribution in [0.4, 0.5) is 10.5 Å². The van der Waals surface area contributed by atoms with Gasteiger partial charge in [0.25, 0.3) is 5.91 Å². The second kappa shape index (κ2) is 11.3. The van der Waals surface area contributed by atoms with E-state index < -0.39 is 29.7 Å². The maximum absolute atomic E-state index is 12.8. The van der Waals surface area contributed by atoms with Crippen molar-refractivity contribution in [2.45, 2.75) is 65.0 Å². The SMILES string of the molecule is CC(C)(C)OC(=O)NC(C)(CO)C(=O)Nc1ccc(Oc2ccc(-c3ccc(C(C)(C)C)cc3)cc2)cc1. The molecule has 202 valence electrons. The van der Waals surface area contributed by atoms with Gasteiger partial charge in [0, 0.05) is 5.69 Å². The van der Waals surface area contributed by atoms with Crippen LogP contribution in [0.1, 0.15) is 54.0 Å². The predicted octanol–water partition coefficient (Wildman–Crippen LogP) is 6.66. The van der Waals surface area contributed by atoms with Crippen molar-refractivity contribution in [2.75, 3.05) is 11.9 Å². The highest BCUT2D eigenvalue weighted by Crippen LogP contribution is 2.29. The van der Waals surface area contributed by atoms with Crippen LogP contribution in [-0.2, 0) is 14.9 Å². The lowest BCUT2D eigenvalue weighted by Crippen LogP contribution is -2.58. The van der Waals surface area contributed by atoms with Crippen LogP contribution in [0.15, 0.2) is 72.8 Å². The number of anilines is 1. The molecule has 1 atom stereocenters. The van der Waals surface area contributed by atoms with Crippen molar-refractivity contribution in [2.24, 2.45) is 0 Å². The highest BCUT2D eigenvalue weighted by molar-refractivity contribution is 5.99.